The summed E-state index contributed by atoms with van der Waals surface area (Å²) < 4.78 is 5.07. The lowest BCUT2D eigenvalue weighted by Gasteiger charge is -2.17. The number of ether oxygens (including phenoxy) is 1. The molecule has 0 aliphatic rings. The van der Waals surface area contributed by atoms with E-state index in [1.165, 1.54) is 0 Å². The summed E-state index contributed by atoms with van der Waals surface area (Å²) in [6, 6.07) is 9.06. The molecule has 0 saturated carbocycles. The van der Waals surface area contributed by atoms with Crippen molar-refractivity contribution in [3.8, 4) is 0 Å². The van der Waals surface area contributed by atoms with Gasteiger partial charge in [0.25, 0.3) is 5.91 Å². The first kappa shape index (κ1) is 16.9. The molecule has 6 nitrogen and oxygen atoms in total. The Kier molecular flexibility index (Phi) is 6.08. The lowest BCUT2D eigenvalue weighted by Crippen LogP contribution is -2.22. The number of nitrogens with zero attached hydrogens (tertiary/aromatic N) is 2. The number of rotatable bonds is 7. The molecule has 0 fully saturated rings. The highest BCUT2D eigenvalue weighted by molar-refractivity contribution is 6.07. The third-order valence-electron chi connectivity index (χ3n) is 3.41. The van der Waals surface area contributed by atoms with Crippen molar-refractivity contribution in [3.63, 3.8) is 0 Å². The van der Waals surface area contributed by atoms with Gasteiger partial charge < -0.3 is 15.8 Å². The third-order valence-corrected chi connectivity index (χ3v) is 3.41. The Bertz CT molecular complexity index is 646. The van der Waals surface area contributed by atoms with Crippen molar-refractivity contribution in [3.05, 3.63) is 53.9 Å². The van der Waals surface area contributed by atoms with Crippen molar-refractivity contribution in [1.29, 1.82) is 0 Å². The second-order valence-corrected chi connectivity index (χ2v) is 5.35. The fourth-order valence-corrected chi connectivity index (χ4v) is 2.17. The van der Waals surface area contributed by atoms with Crippen LogP contribution in [0.4, 0.5) is 11.4 Å². The lowest BCUT2D eigenvalue weighted by atomic mass is 10.1. The third kappa shape index (κ3) is 5.05. The van der Waals surface area contributed by atoms with Crippen LogP contribution in [0, 0.1) is 0 Å². The molecule has 3 N–H and O–H groups in total. The number of carbonyl (C=O) groups is 1. The minimum absolute atomic E-state index is 0.239. The number of likely N-dealkylation sites (N-methyl/N-ethyl adjacent to an activating group) is 1. The van der Waals surface area contributed by atoms with Crippen LogP contribution in [-0.4, -0.2) is 43.1 Å². The largest absolute Gasteiger partial charge is 0.398 e. The molecular weight excluding hydrogens is 292 g/mol. The molecule has 0 aliphatic heterocycles. The fourth-order valence-electron chi connectivity index (χ4n) is 2.17. The van der Waals surface area contributed by atoms with E-state index in [0.29, 0.717) is 23.5 Å². The number of methoxy groups -OCH3 is 1. The standard InChI is InChI=1S/C17H22N4O2/c1-21(8-9-23-2)12-13-5-6-16(18)15(10-13)17(22)20-14-4-3-7-19-11-14/h3-7,10-11H,8-9,12,18H2,1-2H3,(H,20,22). The zero-order chi connectivity index (χ0) is 16.7. The first-order valence-corrected chi connectivity index (χ1v) is 7.37. The lowest BCUT2D eigenvalue weighted by molar-refractivity contribution is 0.102. The molecule has 1 heterocycles. The SMILES string of the molecule is COCCN(C)Cc1ccc(N)c(C(=O)Nc2cccnc2)c1. The average Bonchev–Trinajstić information content (AvgIpc) is 2.55. The van der Waals surface area contributed by atoms with Crippen LogP contribution in [0.2, 0.25) is 0 Å². The molecule has 2 rings (SSSR count). The number of nitrogens with two attached hydrogens (primary N) is 1. The predicted molar refractivity (Wildman–Crippen MR) is 91.3 cm³/mol. The Balaban J connectivity index is 2.09. The highest BCUT2D eigenvalue weighted by Gasteiger charge is 2.12. The summed E-state index contributed by atoms with van der Waals surface area (Å²) in [5.74, 6) is -0.239. The van der Waals surface area contributed by atoms with Crippen molar-refractivity contribution in [1.82, 2.24) is 9.88 Å². The first-order chi connectivity index (χ1) is 11.1. The number of hydrogen-bond acceptors (Lipinski definition) is 5. The van der Waals surface area contributed by atoms with Gasteiger partial charge in [-0.3, -0.25) is 14.7 Å². The van der Waals surface area contributed by atoms with E-state index in [1.54, 1.807) is 37.7 Å². The Hall–Kier alpha value is -2.44. The monoisotopic (exact) mass is 314 g/mol. The summed E-state index contributed by atoms with van der Waals surface area (Å²) >= 11 is 0. The maximum absolute atomic E-state index is 12.4. The fraction of sp³-hybridized carbons (Fsp3) is 0.294. The quantitative estimate of drug-likeness (QED) is 0.764. The zero-order valence-electron chi connectivity index (χ0n) is 13.5. The minimum Gasteiger partial charge on any atom is -0.398 e. The molecule has 1 aromatic heterocycles. The maximum atomic E-state index is 12.4. The van der Waals surface area contributed by atoms with Gasteiger partial charge in [-0.2, -0.15) is 0 Å². The molecule has 1 amide bonds. The van der Waals surface area contributed by atoms with E-state index in [-0.39, 0.29) is 5.91 Å². The first-order valence-electron chi connectivity index (χ1n) is 7.37. The molecule has 0 spiro atoms. The normalized spacial score (nSPS) is 10.7. The van der Waals surface area contributed by atoms with E-state index >= 15 is 0 Å². The average molecular weight is 314 g/mol. The van der Waals surface area contributed by atoms with Gasteiger partial charge in [-0.15, -0.1) is 0 Å². The van der Waals surface area contributed by atoms with E-state index < -0.39 is 0 Å². The van der Waals surface area contributed by atoms with Gasteiger partial charge >= 0.3 is 0 Å². The summed E-state index contributed by atoms with van der Waals surface area (Å²) in [7, 11) is 3.68. The van der Waals surface area contributed by atoms with Crippen LogP contribution in [0.25, 0.3) is 0 Å². The van der Waals surface area contributed by atoms with Crippen LogP contribution in [0.3, 0.4) is 0 Å². The van der Waals surface area contributed by atoms with E-state index in [2.05, 4.69) is 15.2 Å². The van der Waals surface area contributed by atoms with Gasteiger partial charge in [0.1, 0.15) is 0 Å². The van der Waals surface area contributed by atoms with Gasteiger partial charge in [-0.1, -0.05) is 6.07 Å². The number of pyridine rings is 1. The number of carbonyl (C=O) groups excluding carboxylic acids is 1. The molecule has 2 aromatic rings. The molecule has 6 heteroatoms. The smallest absolute Gasteiger partial charge is 0.257 e. The highest BCUT2D eigenvalue weighted by Crippen LogP contribution is 2.17. The molecule has 122 valence electrons. The number of anilines is 2. The van der Waals surface area contributed by atoms with Crippen LogP contribution in [0.5, 0.6) is 0 Å². The summed E-state index contributed by atoms with van der Waals surface area (Å²) in [6.45, 7) is 2.20. The second kappa shape index (κ2) is 8.26. The Morgan fingerprint density at radius 2 is 2.22 bits per heavy atom. The van der Waals surface area contributed by atoms with Gasteiger partial charge in [-0.25, -0.2) is 0 Å². The number of amides is 1. The van der Waals surface area contributed by atoms with E-state index in [1.807, 2.05) is 19.2 Å². The topological polar surface area (TPSA) is 80.5 Å². The summed E-state index contributed by atoms with van der Waals surface area (Å²) in [6.07, 6.45) is 3.25. The summed E-state index contributed by atoms with van der Waals surface area (Å²) in [5, 5.41) is 2.80. The molecule has 0 atom stereocenters. The van der Waals surface area contributed by atoms with Crippen LogP contribution < -0.4 is 11.1 Å². The Labute approximate surface area is 136 Å². The van der Waals surface area contributed by atoms with Gasteiger partial charge in [0.15, 0.2) is 0 Å². The molecule has 23 heavy (non-hydrogen) atoms. The van der Waals surface area contributed by atoms with Gasteiger partial charge in [-0.05, 0) is 36.9 Å². The number of nitrogen functional groups attached to an aromatic ring is 1. The Morgan fingerprint density at radius 3 is 2.91 bits per heavy atom. The number of aromatic nitrogens is 1. The molecule has 0 aliphatic carbocycles. The molecule has 1 aromatic carbocycles. The van der Waals surface area contributed by atoms with Gasteiger partial charge in [0, 0.05) is 32.1 Å². The Morgan fingerprint density at radius 1 is 1.39 bits per heavy atom. The maximum Gasteiger partial charge on any atom is 0.257 e. The molecule has 0 unspecified atom stereocenters. The summed E-state index contributed by atoms with van der Waals surface area (Å²) in [4.78, 5) is 18.5. The highest BCUT2D eigenvalue weighted by atomic mass is 16.5. The zero-order valence-corrected chi connectivity index (χ0v) is 13.5. The van der Waals surface area contributed by atoms with Crippen molar-refractivity contribution in [2.75, 3.05) is 38.4 Å². The van der Waals surface area contributed by atoms with E-state index in [9.17, 15) is 4.79 Å². The summed E-state index contributed by atoms with van der Waals surface area (Å²) in [5.41, 5.74) is 8.52. The molecule has 0 radical (unpaired) electrons. The minimum atomic E-state index is -0.239. The molecule has 0 saturated heterocycles. The van der Waals surface area contributed by atoms with Gasteiger partial charge in [0.2, 0.25) is 0 Å². The van der Waals surface area contributed by atoms with Gasteiger partial charge in [0.05, 0.1) is 24.1 Å². The number of benzene rings is 1. The number of hydrogen-bond donors (Lipinski definition) is 2. The molecular formula is C17H22N4O2. The van der Waals surface area contributed by atoms with Crippen LogP contribution in [0.15, 0.2) is 42.7 Å². The van der Waals surface area contributed by atoms with Crippen molar-refractivity contribution in [2.24, 2.45) is 0 Å². The van der Waals surface area contributed by atoms with Crippen LogP contribution in [0.1, 0.15) is 15.9 Å². The number of nitrogens with one attached hydrogen (secondary N) is 1. The van der Waals surface area contributed by atoms with E-state index in [0.717, 1.165) is 18.7 Å². The second-order valence-electron chi connectivity index (χ2n) is 5.35. The van der Waals surface area contributed by atoms with Crippen LogP contribution in [-0.2, 0) is 11.3 Å². The van der Waals surface area contributed by atoms with E-state index in [4.69, 9.17) is 10.5 Å². The molecule has 0 bridgehead atoms. The van der Waals surface area contributed by atoms with Crippen LogP contribution >= 0.6 is 0 Å². The van der Waals surface area contributed by atoms with Crippen molar-refractivity contribution >= 4 is 17.3 Å². The van der Waals surface area contributed by atoms with Crippen molar-refractivity contribution in [2.45, 2.75) is 6.54 Å². The van der Waals surface area contributed by atoms with Crippen molar-refractivity contribution < 1.29 is 9.53 Å². The predicted octanol–water partition coefficient (Wildman–Crippen LogP) is 1.99.